The molecule has 2 aromatic carbocycles. The van der Waals surface area contributed by atoms with Gasteiger partial charge in [-0.05, 0) is 53.8 Å². The number of amides is 1. The Morgan fingerprint density at radius 1 is 1.30 bits per heavy atom. The Bertz CT molecular complexity index is 1050. The molecule has 4 nitrogen and oxygen atoms in total. The van der Waals surface area contributed by atoms with E-state index in [0.29, 0.717) is 17.6 Å². The molecule has 1 amide bonds. The van der Waals surface area contributed by atoms with Gasteiger partial charge in [0, 0.05) is 12.1 Å². The summed E-state index contributed by atoms with van der Waals surface area (Å²) in [6.45, 7) is 7.05. The van der Waals surface area contributed by atoms with Crippen molar-refractivity contribution in [1.82, 2.24) is 9.88 Å². The van der Waals surface area contributed by atoms with Crippen molar-refractivity contribution in [2.24, 2.45) is 5.92 Å². The minimum Gasteiger partial charge on any atom is -0.375 e. The van der Waals surface area contributed by atoms with E-state index in [9.17, 15) is 4.79 Å². The first-order valence-electron chi connectivity index (χ1n) is 9.19. The van der Waals surface area contributed by atoms with Crippen molar-refractivity contribution in [1.29, 1.82) is 0 Å². The topological polar surface area (TPSA) is 59.2 Å². The summed E-state index contributed by atoms with van der Waals surface area (Å²) in [6.07, 6.45) is 4.22. The third kappa shape index (κ3) is 3.23. The number of thiazole rings is 1. The van der Waals surface area contributed by atoms with Crippen molar-refractivity contribution in [2.45, 2.75) is 26.8 Å². The molecule has 0 bridgehead atoms. The van der Waals surface area contributed by atoms with Crippen LogP contribution in [0.3, 0.4) is 0 Å². The molecule has 2 heterocycles. The van der Waals surface area contributed by atoms with Crippen LogP contribution in [0.2, 0.25) is 0 Å². The number of rotatable bonds is 3. The standard InChI is InChI=1S/C22H23N3OS/c1-13(2)19-8-5-9-25(19)21(26)16-7-4-6-15(11-16)17-12-18-20(10-14(17)3)27-22(23)24-18/h4-8,10-13,19H,9H2,1-3H3,(H2,23,24)/t19-/m0/s1. The number of nitrogen functional groups attached to an aromatic ring is 1. The van der Waals surface area contributed by atoms with E-state index in [-0.39, 0.29) is 11.9 Å². The van der Waals surface area contributed by atoms with Crippen LogP contribution in [0.15, 0.2) is 48.6 Å². The van der Waals surface area contributed by atoms with Gasteiger partial charge >= 0.3 is 0 Å². The summed E-state index contributed by atoms with van der Waals surface area (Å²) < 4.78 is 1.09. The summed E-state index contributed by atoms with van der Waals surface area (Å²) in [5, 5.41) is 0.576. The highest BCUT2D eigenvalue weighted by molar-refractivity contribution is 7.22. The maximum absolute atomic E-state index is 13.1. The van der Waals surface area contributed by atoms with Crippen LogP contribution in [0.25, 0.3) is 21.3 Å². The lowest BCUT2D eigenvalue weighted by Crippen LogP contribution is -2.39. The quantitative estimate of drug-likeness (QED) is 0.661. The fourth-order valence-corrected chi connectivity index (χ4v) is 4.54. The minimum atomic E-state index is 0.0807. The molecule has 2 N–H and O–H groups in total. The van der Waals surface area contributed by atoms with Crippen LogP contribution in [0.4, 0.5) is 5.13 Å². The molecular formula is C22H23N3OS. The number of aryl methyl sites for hydroxylation is 1. The molecule has 1 atom stereocenters. The SMILES string of the molecule is Cc1cc2sc(N)nc2cc1-c1cccc(C(=O)N2CC=C[C@H]2C(C)C)c1. The Morgan fingerprint density at radius 3 is 2.89 bits per heavy atom. The largest absolute Gasteiger partial charge is 0.375 e. The lowest BCUT2D eigenvalue weighted by Gasteiger charge is -2.27. The molecule has 0 spiro atoms. The number of nitrogens with two attached hydrogens (primary N) is 1. The van der Waals surface area contributed by atoms with Crippen LogP contribution in [0.1, 0.15) is 29.8 Å². The van der Waals surface area contributed by atoms with Crippen molar-refractivity contribution in [2.75, 3.05) is 12.3 Å². The van der Waals surface area contributed by atoms with E-state index in [2.05, 4.69) is 50.0 Å². The number of benzene rings is 2. The molecule has 3 aromatic rings. The molecule has 0 radical (unpaired) electrons. The predicted octanol–water partition coefficient (Wildman–Crippen LogP) is 4.89. The van der Waals surface area contributed by atoms with Gasteiger partial charge in [0.25, 0.3) is 5.91 Å². The average Bonchev–Trinajstić information content (AvgIpc) is 3.26. The van der Waals surface area contributed by atoms with Crippen molar-refractivity contribution < 1.29 is 4.79 Å². The first-order valence-corrected chi connectivity index (χ1v) is 10.0. The number of carbonyl (C=O) groups is 1. The van der Waals surface area contributed by atoms with E-state index >= 15 is 0 Å². The van der Waals surface area contributed by atoms with E-state index < -0.39 is 0 Å². The Labute approximate surface area is 163 Å². The second kappa shape index (κ2) is 6.82. The molecule has 0 aliphatic carbocycles. The van der Waals surface area contributed by atoms with E-state index in [1.807, 2.05) is 29.2 Å². The van der Waals surface area contributed by atoms with Crippen molar-refractivity contribution in [3.05, 3.63) is 59.7 Å². The van der Waals surface area contributed by atoms with Crippen LogP contribution in [-0.4, -0.2) is 28.4 Å². The summed E-state index contributed by atoms with van der Waals surface area (Å²) in [4.78, 5) is 19.5. The van der Waals surface area contributed by atoms with Gasteiger partial charge in [0.05, 0.1) is 16.3 Å². The van der Waals surface area contributed by atoms with Gasteiger partial charge in [-0.1, -0.05) is 49.5 Å². The Morgan fingerprint density at radius 2 is 2.11 bits per heavy atom. The summed E-state index contributed by atoms with van der Waals surface area (Å²) >= 11 is 1.50. The van der Waals surface area contributed by atoms with Crippen molar-refractivity contribution >= 4 is 32.6 Å². The highest BCUT2D eigenvalue weighted by atomic mass is 32.1. The van der Waals surface area contributed by atoms with Crippen molar-refractivity contribution in [3.63, 3.8) is 0 Å². The van der Waals surface area contributed by atoms with Gasteiger partial charge < -0.3 is 10.6 Å². The molecule has 1 aromatic heterocycles. The number of aromatic nitrogens is 1. The summed E-state index contributed by atoms with van der Waals surface area (Å²) in [5.41, 5.74) is 10.7. The second-order valence-corrected chi connectivity index (χ2v) is 8.45. The van der Waals surface area contributed by atoms with E-state index in [1.165, 1.54) is 11.3 Å². The predicted molar refractivity (Wildman–Crippen MR) is 113 cm³/mol. The zero-order chi connectivity index (χ0) is 19.1. The normalized spacial score (nSPS) is 16.6. The summed E-state index contributed by atoms with van der Waals surface area (Å²) in [6, 6.07) is 12.2. The number of anilines is 1. The molecule has 5 heteroatoms. The number of hydrogen-bond donors (Lipinski definition) is 1. The van der Waals surface area contributed by atoms with Crippen LogP contribution < -0.4 is 5.73 Å². The smallest absolute Gasteiger partial charge is 0.254 e. The third-order valence-corrected chi connectivity index (χ3v) is 5.96. The van der Waals surface area contributed by atoms with Crippen molar-refractivity contribution in [3.8, 4) is 11.1 Å². The molecule has 4 rings (SSSR count). The minimum absolute atomic E-state index is 0.0807. The van der Waals surface area contributed by atoms with Gasteiger partial charge in [0.15, 0.2) is 5.13 Å². The van der Waals surface area contributed by atoms with Gasteiger partial charge in [0.2, 0.25) is 0 Å². The first kappa shape index (κ1) is 17.7. The van der Waals surface area contributed by atoms with E-state index in [4.69, 9.17) is 5.73 Å². The number of fused-ring (bicyclic) bond motifs is 1. The van der Waals surface area contributed by atoms with Crippen LogP contribution in [-0.2, 0) is 0 Å². The molecule has 0 unspecified atom stereocenters. The van der Waals surface area contributed by atoms with Crippen LogP contribution in [0.5, 0.6) is 0 Å². The lowest BCUT2D eigenvalue weighted by atomic mass is 9.97. The maximum Gasteiger partial charge on any atom is 0.254 e. The summed E-state index contributed by atoms with van der Waals surface area (Å²) in [5.74, 6) is 0.479. The zero-order valence-electron chi connectivity index (χ0n) is 15.8. The molecule has 1 aliphatic rings. The van der Waals surface area contributed by atoms with Gasteiger partial charge in [-0.2, -0.15) is 0 Å². The number of hydrogen-bond acceptors (Lipinski definition) is 4. The Kier molecular flexibility index (Phi) is 4.48. The average molecular weight is 378 g/mol. The van der Waals surface area contributed by atoms with E-state index in [1.54, 1.807) is 0 Å². The first-order chi connectivity index (χ1) is 12.9. The molecule has 138 valence electrons. The molecule has 0 saturated heterocycles. The van der Waals surface area contributed by atoms with E-state index in [0.717, 1.165) is 32.5 Å². The van der Waals surface area contributed by atoms with Gasteiger partial charge in [-0.15, -0.1) is 0 Å². The summed E-state index contributed by atoms with van der Waals surface area (Å²) in [7, 11) is 0. The zero-order valence-corrected chi connectivity index (χ0v) is 16.6. The molecule has 0 saturated carbocycles. The molecule has 0 fully saturated rings. The maximum atomic E-state index is 13.1. The van der Waals surface area contributed by atoms with Gasteiger partial charge in [-0.3, -0.25) is 4.79 Å². The van der Waals surface area contributed by atoms with Crippen LogP contribution in [0, 0.1) is 12.8 Å². The monoisotopic (exact) mass is 377 g/mol. The Hall–Kier alpha value is -2.66. The third-order valence-electron chi connectivity index (χ3n) is 5.11. The number of nitrogens with zero attached hydrogens (tertiary/aromatic N) is 2. The molecule has 27 heavy (non-hydrogen) atoms. The second-order valence-electron chi connectivity index (χ2n) is 7.39. The highest BCUT2D eigenvalue weighted by Crippen LogP contribution is 2.32. The van der Waals surface area contributed by atoms with Gasteiger partial charge in [-0.25, -0.2) is 4.98 Å². The van der Waals surface area contributed by atoms with Gasteiger partial charge in [0.1, 0.15) is 0 Å². The fraction of sp³-hybridized carbons (Fsp3) is 0.273. The highest BCUT2D eigenvalue weighted by Gasteiger charge is 2.27. The lowest BCUT2D eigenvalue weighted by molar-refractivity contribution is 0.0720. The molecular weight excluding hydrogens is 354 g/mol. The number of carbonyl (C=O) groups excluding carboxylic acids is 1. The molecule has 1 aliphatic heterocycles. The Balaban J connectivity index is 1.71. The fourth-order valence-electron chi connectivity index (χ4n) is 3.73. The van der Waals surface area contributed by atoms with Crippen LogP contribution >= 0.6 is 11.3 Å².